The largest absolute Gasteiger partial charge is 0.351 e. The molecule has 0 saturated carbocycles. The van der Waals surface area contributed by atoms with E-state index in [1.54, 1.807) is 0 Å². The highest BCUT2D eigenvalue weighted by Gasteiger charge is 2.23. The number of rotatable bonds is 7. The minimum Gasteiger partial charge on any atom is -0.351 e. The van der Waals surface area contributed by atoms with Crippen molar-refractivity contribution in [3.05, 3.63) is 39.2 Å². The van der Waals surface area contributed by atoms with Crippen molar-refractivity contribution in [1.29, 1.82) is 0 Å². The number of carbonyl (C=O) groups excluding carboxylic acids is 1. The van der Waals surface area contributed by atoms with Crippen LogP contribution in [0.3, 0.4) is 0 Å². The summed E-state index contributed by atoms with van der Waals surface area (Å²) in [5.74, 6) is -1.31. The molecule has 0 heterocycles. The lowest BCUT2D eigenvalue weighted by Gasteiger charge is -2.08. The molecule has 0 unspecified atom stereocenters. The molecule has 6 nitrogen and oxygen atoms in total. The van der Waals surface area contributed by atoms with Crippen LogP contribution in [0.2, 0.25) is 0 Å². The fraction of sp³-hybridized carbons (Fsp3) is 0.462. The number of halogens is 2. The summed E-state index contributed by atoms with van der Waals surface area (Å²) in [6.45, 7) is 5.13. The van der Waals surface area contributed by atoms with Gasteiger partial charge in [-0.2, -0.15) is 0 Å². The number of hydrogen-bond donors (Lipinski definition) is 2. The van der Waals surface area contributed by atoms with E-state index in [1.807, 2.05) is 6.92 Å². The third-order valence-corrected chi connectivity index (χ3v) is 2.71. The van der Waals surface area contributed by atoms with Crippen LogP contribution in [0.25, 0.3) is 0 Å². The average Bonchev–Trinajstić information content (AvgIpc) is 2.36. The van der Waals surface area contributed by atoms with Crippen molar-refractivity contribution in [2.24, 2.45) is 0 Å². The van der Waals surface area contributed by atoms with Crippen LogP contribution in [0.1, 0.15) is 29.3 Å². The summed E-state index contributed by atoms with van der Waals surface area (Å²) in [4.78, 5) is 22.2. The molecule has 1 aromatic carbocycles. The van der Waals surface area contributed by atoms with Crippen molar-refractivity contribution in [3.8, 4) is 0 Å². The standard InChI is InChI=1S/C13H18FN3O3.ClH/c1-3-4-15-5-6-16-13(18)11-8-10(14)7-9(2)12(11)17(19)20;/h7-8,15H,3-6H2,1-2H3,(H,16,18);1H. The molecule has 118 valence electrons. The Morgan fingerprint density at radius 1 is 1.33 bits per heavy atom. The fourth-order valence-electron chi connectivity index (χ4n) is 1.81. The average molecular weight is 320 g/mol. The van der Waals surface area contributed by atoms with E-state index in [9.17, 15) is 19.3 Å². The Bertz CT molecular complexity index is 512. The van der Waals surface area contributed by atoms with Crippen LogP contribution in [0.15, 0.2) is 12.1 Å². The molecule has 0 aliphatic heterocycles. The van der Waals surface area contributed by atoms with E-state index in [0.717, 1.165) is 25.1 Å². The molecule has 21 heavy (non-hydrogen) atoms. The van der Waals surface area contributed by atoms with Crippen molar-refractivity contribution in [1.82, 2.24) is 10.6 Å². The lowest BCUT2D eigenvalue weighted by atomic mass is 10.1. The van der Waals surface area contributed by atoms with E-state index in [4.69, 9.17) is 0 Å². The zero-order valence-electron chi connectivity index (χ0n) is 11.9. The third kappa shape index (κ3) is 5.65. The Kier molecular flexibility index (Phi) is 8.49. The molecule has 0 radical (unpaired) electrons. The van der Waals surface area contributed by atoms with Gasteiger partial charge < -0.3 is 10.6 Å². The summed E-state index contributed by atoms with van der Waals surface area (Å²) < 4.78 is 13.3. The van der Waals surface area contributed by atoms with Gasteiger partial charge in [0.25, 0.3) is 11.6 Å². The predicted molar refractivity (Wildman–Crippen MR) is 80.5 cm³/mol. The van der Waals surface area contributed by atoms with Crippen LogP contribution in [0, 0.1) is 22.9 Å². The van der Waals surface area contributed by atoms with E-state index in [2.05, 4.69) is 10.6 Å². The van der Waals surface area contributed by atoms with Gasteiger partial charge >= 0.3 is 0 Å². The van der Waals surface area contributed by atoms with Gasteiger partial charge in [-0.25, -0.2) is 4.39 Å². The number of benzene rings is 1. The van der Waals surface area contributed by atoms with Crippen LogP contribution in [0.4, 0.5) is 10.1 Å². The van der Waals surface area contributed by atoms with Gasteiger partial charge in [-0.3, -0.25) is 14.9 Å². The number of nitrogens with zero attached hydrogens (tertiary/aromatic N) is 1. The molecule has 0 bridgehead atoms. The third-order valence-electron chi connectivity index (χ3n) is 2.71. The first-order valence-electron chi connectivity index (χ1n) is 6.40. The molecule has 8 heteroatoms. The first-order chi connectivity index (χ1) is 9.47. The number of nitro benzene ring substituents is 1. The van der Waals surface area contributed by atoms with Crippen molar-refractivity contribution in [2.45, 2.75) is 20.3 Å². The number of carbonyl (C=O) groups is 1. The second-order valence-electron chi connectivity index (χ2n) is 4.38. The monoisotopic (exact) mass is 319 g/mol. The molecular weight excluding hydrogens is 301 g/mol. The maximum absolute atomic E-state index is 13.3. The van der Waals surface area contributed by atoms with E-state index < -0.39 is 16.6 Å². The molecule has 0 fully saturated rings. The maximum atomic E-state index is 13.3. The smallest absolute Gasteiger partial charge is 0.285 e. The molecule has 0 aliphatic carbocycles. The maximum Gasteiger partial charge on any atom is 0.285 e. The van der Waals surface area contributed by atoms with Crippen molar-refractivity contribution < 1.29 is 14.1 Å². The highest BCUT2D eigenvalue weighted by atomic mass is 35.5. The molecule has 1 amide bonds. The number of amides is 1. The van der Waals surface area contributed by atoms with Gasteiger partial charge in [-0.1, -0.05) is 6.92 Å². The Labute approximate surface area is 128 Å². The summed E-state index contributed by atoms with van der Waals surface area (Å²) in [7, 11) is 0. The molecule has 0 saturated heterocycles. The second-order valence-corrected chi connectivity index (χ2v) is 4.38. The van der Waals surface area contributed by atoms with E-state index in [0.29, 0.717) is 13.1 Å². The molecule has 0 aromatic heterocycles. The summed E-state index contributed by atoms with van der Waals surface area (Å²) in [6.07, 6.45) is 0.975. The molecular formula is C13H19ClFN3O3. The minimum atomic E-state index is -0.668. The predicted octanol–water partition coefficient (Wildman–Crippen LogP) is 2.19. The number of hydrogen-bond acceptors (Lipinski definition) is 4. The van der Waals surface area contributed by atoms with Crippen LogP contribution in [-0.2, 0) is 0 Å². The summed E-state index contributed by atoms with van der Waals surface area (Å²) in [6, 6.07) is 1.93. The Hall–Kier alpha value is -1.73. The van der Waals surface area contributed by atoms with Crippen LogP contribution in [0.5, 0.6) is 0 Å². The van der Waals surface area contributed by atoms with Gasteiger partial charge in [0.05, 0.1) is 4.92 Å². The zero-order valence-corrected chi connectivity index (χ0v) is 12.8. The van der Waals surface area contributed by atoms with Gasteiger partial charge in [0.2, 0.25) is 0 Å². The van der Waals surface area contributed by atoms with Crippen LogP contribution < -0.4 is 10.6 Å². The normalized spacial score (nSPS) is 9.86. The highest BCUT2D eigenvalue weighted by Crippen LogP contribution is 2.24. The fourth-order valence-corrected chi connectivity index (χ4v) is 1.81. The van der Waals surface area contributed by atoms with Gasteiger partial charge in [0, 0.05) is 18.7 Å². The first-order valence-corrected chi connectivity index (χ1v) is 6.40. The Morgan fingerprint density at radius 2 is 2.00 bits per heavy atom. The Morgan fingerprint density at radius 3 is 2.57 bits per heavy atom. The number of aryl methyl sites for hydroxylation is 1. The van der Waals surface area contributed by atoms with Gasteiger partial charge in [-0.15, -0.1) is 12.4 Å². The molecule has 0 atom stereocenters. The first kappa shape index (κ1) is 19.3. The van der Waals surface area contributed by atoms with Gasteiger partial charge in [-0.05, 0) is 32.0 Å². The zero-order chi connectivity index (χ0) is 15.1. The van der Waals surface area contributed by atoms with Gasteiger partial charge in [0.1, 0.15) is 11.4 Å². The van der Waals surface area contributed by atoms with Gasteiger partial charge in [0.15, 0.2) is 0 Å². The number of nitrogens with one attached hydrogen (secondary N) is 2. The van der Waals surface area contributed by atoms with Crippen molar-refractivity contribution in [3.63, 3.8) is 0 Å². The molecule has 1 aromatic rings. The minimum absolute atomic E-state index is 0. The van der Waals surface area contributed by atoms with E-state index >= 15 is 0 Å². The number of nitro groups is 1. The highest BCUT2D eigenvalue weighted by molar-refractivity contribution is 5.98. The van der Waals surface area contributed by atoms with E-state index in [-0.39, 0.29) is 29.2 Å². The quantitative estimate of drug-likeness (QED) is 0.458. The Balaban J connectivity index is 0.00000400. The van der Waals surface area contributed by atoms with Crippen molar-refractivity contribution >= 4 is 24.0 Å². The topological polar surface area (TPSA) is 84.3 Å². The van der Waals surface area contributed by atoms with Crippen LogP contribution >= 0.6 is 12.4 Å². The van der Waals surface area contributed by atoms with E-state index in [1.165, 1.54) is 6.92 Å². The molecule has 0 spiro atoms. The van der Waals surface area contributed by atoms with Crippen LogP contribution in [-0.4, -0.2) is 30.5 Å². The second kappa shape index (κ2) is 9.25. The summed E-state index contributed by atoms with van der Waals surface area (Å²) >= 11 is 0. The SMILES string of the molecule is CCCNCCNC(=O)c1cc(F)cc(C)c1[N+](=O)[O-].Cl. The summed E-state index contributed by atoms with van der Waals surface area (Å²) in [5, 5.41) is 16.6. The van der Waals surface area contributed by atoms with Crippen molar-refractivity contribution in [2.75, 3.05) is 19.6 Å². The molecule has 0 aliphatic rings. The lowest BCUT2D eigenvalue weighted by molar-refractivity contribution is -0.385. The molecule has 1 rings (SSSR count). The lowest BCUT2D eigenvalue weighted by Crippen LogP contribution is -2.32. The summed E-state index contributed by atoms with van der Waals surface area (Å²) in [5.41, 5.74) is -0.474. The molecule has 2 N–H and O–H groups in total.